The summed E-state index contributed by atoms with van der Waals surface area (Å²) in [5.41, 5.74) is 12.7. The van der Waals surface area contributed by atoms with Crippen LogP contribution in [-0.2, 0) is 0 Å². The lowest BCUT2D eigenvalue weighted by Gasteiger charge is -2.24. The van der Waals surface area contributed by atoms with Crippen LogP contribution >= 0.6 is 0 Å². The molecule has 0 aromatic heterocycles. The number of hydrogen-bond acceptors (Lipinski definition) is 2. The van der Waals surface area contributed by atoms with Crippen LogP contribution in [0.15, 0.2) is 188 Å². The van der Waals surface area contributed by atoms with Gasteiger partial charge in [0.15, 0.2) is 0 Å². The van der Waals surface area contributed by atoms with Crippen molar-refractivity contribution in [1.29, 1.82) is 0 Å². The molecular weight excluding hydrogens is 543 g/mol. The zero-order valence-corrected chi connectivity index (χ0v) is 25.0. The molecule has 0 saturated carbocycles. The fourth-order valence-electron chi connectivity index (χ4n) is 6.00. The summed E-state index contributed by atoms with van der Waals surface area (Å²) in [4.78, 5) is 0. The van der Waals surface area contributed by atoms with Crippen molar-refractivity contribution in [2.75, 3.05) is 10.6 Å². The molecule has 0 aliphatic heterocycles. The van der Waals surface area contributed by atoms with E-state index in [1.54, 1.807) is 0 Å². The SMILES string of the molecule is c1ccc(Nc2cc(-c3ccccc3)ccc2B(c2ccccc2)c2ccccc2Nc2cccc(-c3ccccc3)c2)cc1. The van der Waals surface area contributed by atoms with E-state index in [4.69, 9.17) is 0 Å². The Balaban J connectivity index is 1.35. The van der Waals surface area contributed by atoms with E-state index in [1.165, 1.54) is 38.6 Å². The zero-order valence-electron chi connectivity index (χ0n) is 25.0. The van der Waals surface area contributed by atoms with Gasteiger partial charge < -0.3 is 10.6 Å². The van der Waals surface area contributed by atoms with Gasteiger partial charge in [0, 0.05) is 22.7 Å². The summed E-state index contributed by atoms with van der Waals surface area (Å²) in [7, 11) is 0. The third-order valence-electron chi connectivity index (χ3n) is 8.18. The Morgan fingerprint density at radius 2 is 0.800 bits per heavy atom. The van der Waals surface area contributed by atoms with Crippen LogP contribution in [0.3, 0.4) is 0 Å². The second-order valence-electron chi connectivity index (χ2n) is 11.2. The maximum Gasteiger partial charge on any atom is 0.246 e. The van der Waals surface area contributed by atoms with Gasteiger partial charge in [-0.1, -0.05) is 157 Å². The van der Waals surface area contributed by atoms with Crippen molar-refractivity contribution in [1.82, 2.24) is 0 Å². The zero-order chi connectivity index (χ0) is 30.3. The molecule has 2 nitrogen and oxygen atoms in total. The Bertz CT molecular complexity index is 1990. The molecule has 7 aromatic rings. The second kappa shape index (κ2) is 13.2. The van der Waals surface area contributed by atoms with Crippen molar-refractivity contribution in [3.8, 4) is 22.3 Å². The predicted octanol–water partition coefficient (Wildman–Crippen LogP) is 9.02. The Morgan fingerprint density at radius 1 is 0.311 bits per heavy atom. The van der Waals surface area contributed by atoms with Crippen molar-refractivity contribution >= 4 is 45.9 Å². The lowest BCUT2D eigenvalue weighted by Crippen LogP contribution is -2.53. The third-order valence-corrected chi connectivity index (χ3v) is 8.18. The van der Waals surface area contributed by atoms with E-state index in [-0.39, 0.29) is 6.71 Å². The van der Waals surface area contributed by atoms with E-state index >= 15 is 0 Å². The quantitative estimate of drug-likeness (QED) is 0.168. The summed E-state index contributed by atoms with van der Waals surface area (Å²) in [5.74, 6) is 0. The summed E-state index contributed by atoms with van der Waals surface area (Å²) in [6.45, 7) is -0.0248. The van der Waals surface area contributed by atoms with E-state index in [9.17, 15) is 0 Å². The highest BCUT2D eigenvalue weighted by Gasteiger charge is 2.27. The molecule has 0 bridgehead atoms. The van der Waals surface area contributed by atoms with Crippen molar-refractivity contribution in [2.24, 2.45) is 0 Å². The average molecular weight is 577 g/mol. The molecule has 7 rings (SSSR count). The van der Waals surface area contributed by atoms with Crippen LogP contribution in [0.4, 0.5) is 22.7 Å². The van der Waals surface area contributed by atoms with Crippen LogP contribution in [0, 0.1) is 0 Å². The normalized spacial score (nSPS) is 10.7. The van der Waals surface area contributed by atoms with Gasteiger partial charge in [-0.2, -0.15) is 0 Å². The minimum Gasteiger partial charge on any atom is -0.356 e. The molecule has 0 radical (unpaired) electrons. The standard InChI is InChI=1S/C42H33BN2/c1-5-16-32(17-6-1)34-20-15-25-38(30-34)45-41-27-14-13-26-39(41)43(36-21-9-3-10-22-36)40-29-28-35(33-18-7-2-8-19-33)31-42(40)44-37-23-11-4-12-24-37/h1-31,44-45H. The van der Waals surface area contributed by atoms with Crippen molar-refractivity contribution in [2.45, 2.75) is 0 Å². The molecule has 45 heavy (non-hydrogen) atoms. The minimum atomic E-state index is -0.0248. The first kappa shape index (κ1) is 28.0. The van der Waals surface area contributed by atoms with Crippen LogP contribution in [0.25, 0.3) is 22.3 Å². The van der Waals surface area contributed by atoms with Gasteiger partial charge in [-0.05, 0) is 69.6 Å². The molecule has 0 fully saturated rings. The average Bonchev–Trinajstić information content (AvgIpc) is 3.11. The molecule has 0 unspecified atom stereocenters. The van der Waals surface area contributed by atoms with Gasteiger partial charge in [0.05, 0.1) is 0 Å². The highest BCUT2D eigenvalue weighted by Crippen LogP contribution is 2.27. The van der Waals surface area contributed by atoms with Crippen LogP contribution in [0.5, 0.6) is 0 Å². The van der Waals surface area contributed by atoms with Crippen molar-refractivity contribution in [3.63, 3.8) is 0 Å². The summed E-state index contributed by atoms with van der Waals surface area (Å²) >= 11 is 0. The molecule has 0 heterocycles. The van der Waals surface area contributed by atoms with Gasteiger partial charge >= 0.3 is 0 Å². The maximum atomic E-state index is 3.79. The molecule has 0 amide bonds. The Hall–Kier alpha value is -5.80. The lowest BCUT2D eigenvalue weighted by atomic mass is 9.36. The van der Waals surface area contributed by atoms with Gasteiger partial charge in [-0.15, -0.1) is 0 Å². The molecule has 214 valence electrons. The largest absolute Gasteiger partial charge is 0.356 e. The number of rotatable bonds is 9. The van der Waals surface area contributed by atoms with Gasteiger partial charge in [0.1, 0.15) is 0 Å². The summed E-state index contributed by atoms with van der Waals surface area (Å²) in [5, 5.41) is 7.57. The Morgan fingerprint density at radius 3 is 1.49 bits per heavy atom. The molecule has 0 atom stereocenters. The third kappa shape index (κ3) is 6.44. The Kier molecular flexibility index (Phi) is 8.24. The molecule has 0 saturated heterocycles. The maximum absolute atomic E-state index is 3.79. The van der Waals surface area contributed by atoms with E-state index < -0.39 is 0 Å². The molecule has 0 aliphatic rings. The number of hydrogen-bond donors (Lipinski definition) is 2. The molecule has 7 aromatic carbocycles. The van der Waals surface area contributed by atoms with Crippen LogP contribution in [0.2, 0.25) is 0 Å². The first-order valence-electron chi connectivity index (χ1n) is 15.4. The number of para-hydroxylation sites is 2. The second-order valence-corrected chi connectivity index (χ2v) is 11.2. The summed E-state index contributed by atoms with van der Waals surface area (Å²) in [6, 6.07) is 66.5. The van der Waals surface area contributed by atoms with E-state index in [0.717, 1.165) is 22.7 Å². The number of benzene rings is 7. The van der Waals surface area contributed by atoms with Crippen molar-refractivity contribution in [3.05, 3.63) is 188 Å². The monoisotopic (exact) mass is 576 g/mol. The highest BCUT2D eigenvalue weighted by molar-refractivity contribution is 6.97. The van der Waals surface area contributed by atoms with Crippen LogP contribution in [-0.4, -0.2) is 6.71 Å². The highest BCUT2D eigenvalue weighted by atomic mass is 14.9. The van der Waals surface area contributed by atoms with E-state index in [2.05, 4.69) is 193 Å². The molecule has 0 aliphatic carbocycles. The predicted molar refractivity (Wildman–Crippen MR) is 194 cm³/mol. The van der Waals surface area contributed by atoms with Gasteiger partial charge in [0.2, 0.25) is 6.71 Å². The topological polar surface area (TPSA) is 24.1 Å². The molecule has 3 heteroatoms. The van der Waals surface area contributed by atoms with Crippen molar-refractivity contribution < 1.29 is 0 Å². The van der Waals surface area contributed by atoms with E-state index in [0.29, 0.717) is 0 Å². The van der Waals surface area contributed by atoms with Gasteiger partial charge in [0.25, 0.3) is 0 Å². The fourth-order valence-corrected chi connectivity index (χ4v) is 6.00. The molecule has 2 N–H and O–H groups in total. The fraction of sp³-hybridized carbons (Fsp3) is 0. The molecule has 0 spiro atoms. The number of nitrogens with one attached hydrogen (secondary N) is 2. The first-order valence-corrected chi connectivity index (χ1v) is 15.4. The Labute approximate surface area is 266 Å². The smallest absolute Gasteiger partial charge is 0.246 e. The molecular formula is C42H33BN2. The van der Waals surface area contributed by atoms with Gasteiger partial charge in [-0.25, -0.2) is 0 Å². The first-order chi connectivity index (χ1) is 22.3. The van der Waals surface area contributed by atoms with Gasteiger partial charge in [-0.3, -0.25) is 0 Å². The number of anilines is 4. The minimum absolute atomic E-state index is 0.0248. The summed E-state index contributed by atoms with van der Waals surface area (Å²) < 4.78 is 0. The van der Waals surface area contributed by atoms with Crippen LogP contribution < -0.4 is 27.0 Å². The lowest BCUT2D eigenvalue weighted by molar-refractivity contribution is 1.54. The summed E-state index contributed by atoms with van der Waals surface area (Å²) in [6.07, 6.45) is 0. The van der Waals surface area contributed by atoms with E-state index in [1.807, 2.05) is 6.07 Å². The van der Waals surface area contributed by atoms with Crippen LogP contribution in [0.1, 0.15) is 0 Å².